The Balaban J connectivity index is 2.08. The first-order chi connectivity index (χ1) is 9.56. The largest absolute Gasteiger partial charge is 0.269 e. The first-order valence-electron chi connectivity index (χ1n) is 6.03. The fraction of sp³-hybridized carbons (Fsp3) is 0.143. The zero-order chi connectivity index (χ0) is 14.5. The fourth-order valence-electron chi connectivity index (χ4n) is 1.57. The van der Waals surface area contributed by atoms with Gasteiger partial charge in [-0.2, -0.15) is 0 Å². The first-order valence-corrected chi connectivity index (χ1v) is 6.03. The first kappa shape index (κ1) is 13.7. The van der Waals surface area contributed by atoms with Crippen LogP contribution in [0.4, 0.5) is 17.1 Å². The van der Waals surface area contributed by atoms with Crippen LogP contribution in [0, 0.1) is 17.0 Å². The summed E-state index contributed by atoms with van der Waals surface area (Å²) in [6.45, 7) is 2.02. The van der Waals surface area contributed by atoms with Crippen molar-refractivity contribution in [2.24, 2.45) is 10.3 Å². The smallest absolute Gasteiger partial charge is 0.258 e. The standard InChI is InChI=1S/C14H14N4O2/c1-11-3-7-13(8-4-11)17(2)16-15-12-5-9-14(10-6-12)18(19)20/h3-10H,1-2H3. The summed E-state index contributed by atoms with van der Waals surface area (Å²) in [5.41, 5.74) is 2.70. The molecule has 0 aliphatic carbocycles. The minimum atomic E-state index is -0.445. The lowest BCUT2D eigenvalue weighted by molar-refractivity contribution is -0.384. The van der Waals surface area contributed by atoms with E-state index in [9.17, 15) is 10.1 Å². The van der Waals surface area contributed by atoms with Crippen LogP contribution in [0.3, 0.4) is 0 Å². The summed E-state index contributed by atoms with van der Waals surface area (Å²) < 4.78 is 0. The Hall–Kier alpha value is -2.76. The summed E-state index contributed by atoms with van der Waals surface area (Å²) in [4.78, 5) is 10.1. The van der Waals surface area contributed by atoms with Gasteiger partial charge in [0.05, 0.1) is 16.3 Å². The highest BCUT2D eigenvalue weighted by molar-refractivity contribution is 5.46. The number of benzene rings is 2. The van der Waals surface area contributed by atoms with Crippen LogP contribution in [-0.2, 0) is 0 Å². The topological polar surface area (TPSA) is 71.1 Å². The highest BCUT2D eigenvalue weighted by Crippen LogP contribution is 2.20. The number of hydrogen-bond acceptors (Lipinski definition) is 4. The van der Waals surface area contributed by atoms with E-state index < -0.39 is 4.92 Å². The van der Waals surface area contributed by atoms with Crippen LogP contribution in [0.25, 0.3) is 0 Å². The average molecular weight is 270 g/mol. The van der Waals surface area contributed by atoms with Crippen LogP contribution in [0.15, 0.2) is 58.9 Å². The molecular weight excluding hydrogens is 256 g/mol. The molecule has 2 rings (SSSR count). The molecule has 0 spiro atoms. The second kappa shape index (κ2) is 5.92. The Morgan fingerprint density at radius 2 is 1.65 bits per heavy atom. The van der Waals surface area contributed by atoms with Gasteiger partial charge in [-0.15, -0.1) is 5.11 Å². The van der Waals surface area contributed by atoms with Gasteiger partial charge in [-0.1, -0.05) is 22.9 Å². The van der Waals surface area contributed by atoms with Gasteiger partial charge in [0.25, 0.3) is 5.69 Å². The van der Waals surface area contributed by atoms with Gasteiger partial charge in [-0.25, -0.2) is 5.01 Å². The number of hydrogen-bond donors (Lipinski definition) is 0. The number of nitrogens with zero attached hydrogens (tertiary/aromatic N) is 4. The zero-order valence-corrected chi connectivity index (χ0v) is 11.2. The molecule has 0 N–H and O–H groups in total. The molecule has 20 heavy (non-hydrogen) atoms. The minimum absolute atomic E-state index is 0.0378. The van der Waals surface area contributed by atoms with Crippen molar-refractivity contribution >= 4 is 17.1 Å². The van der Waals surface area contributed by atoms with Crippen LogP contribution in [0.1, 0.15) is 5.56 Å². The molecule has 102 valence electrons. The number of non-ortho nitro benzene ring substituents is 1. The lowest BCUT2D eigenvalue weighted by atomic mass is 10.2. The maximum atomic E-state index is 10.5. The molecule has 0 unspecified atom stereocenters. The number of aryl methyl sites for hydroxylation is 1. The van der Waals surface area contributed by atoms with Crippen LogP contribution >= 0.6 is 0 Å². The van der Waals surface area contributed by atoms with Gasteiger partial charge < -0.3 is 0 Å². The highest BCUT2D eigenvalue weighted by Gasteiger charge is 2.03. The predicted octanol–water partition coefficient (Wildman–Crippen LogP) is 4.04. The minimum Gasteiger partial charge on any atom is -0.258 e. The molecule has 0 fully saturated rings. The van der Waals surface area contributed by atoms with Crippen LogP contribution in [-0.4, -0.2) is 12.0 Å². The summed E-state index contributed by atoms with van der Waals surface area (Å²) in [6, 6.07) is 13.8. The lowest BCUT2D eigenvalue weighted by Gasteiger charge is -2.11. The Labute approximate surface area is 116 Å². The lowest BCUT2D eigenvalue weighted by Crippen LogP contribution is -2.06. The molecule has 0 saturated carbocycles. The van der Waals surface area contributed by atoms with E-state index in [2.05, 4.69) is 10.3 Å². The van der Waals surface area contributed by atoms with Crippen molar-refractivity contribution in [1.29, 1.82) is 0 Å². The Kier molecular flexibility index (Phi) is 4.05. The van der Waals surface area contributed by atoms with Crippen LogP contribution in [0.5, 0.6) is 0 Å². The maximum Gasteiger partial charge on any atom is 0.269 e. The Morgan fingerprint density at radius 3 is 2.20 bits per heavy atom. The van der Waals surface area contributed by atoms with E-state index >= 15 is 0 Å². The van der Waals surface area contributed by atoms with Gasteiger partial charge in [0.2, 0.25) is 0 Å². The van der Waals surface area contributed by atoms with Crippen molar-refractivity contribution in [1.82, 2.24) is 0 Å². The third-order valence-electron chi connectivity index (χ3n) is 2.76. The van der Waals surface area contributed by atoms with E-state index in [0.717, 1.165) is 5.69 Å². The molecule has 0 atom stereocenters. The van der Waals surface area contributed by atoms with Gasteiger partial charge in [0.15, 0.2) is 0 Å². The summed E-state index contributed by atoms with van der Waals surface area (Å²) in [7, 11) is 1.79. The normalized spacial score (nSPS) is 10.7. The molecule has 6 heteroatoms. The molecule has 2 aromatic rings. The van der Waals surface area contributed by atoms with Crippen molar-refractivity contribution in [3.8, 4) is 0 Å². The monoisotopic (exact) mass is 270 g/mol. The molecule has 0 aliphatic heterocycles. The zero-order valence-electron chi connectivity index (χ0n) is 11.2. The van der Waals surface area contributed by atoms with Crippen molar-refractivity contribution in [3.05, 3.63) is 64.2 Å². The quantitative estimate of drug-likeness (QED) is 0.478. The van der Waals surface area contributed by atoms with E-state index in [-0.39, 0.29) is 5.69 Å². The third-order valence-corrected chi connectivity index (χ3v) is 2.76. The molecule has 0 amide bonds. The molecule has 0 saturated heterocycles. The van der Waals surface area contributed by atoms with Crippen molar-refractivity contribution in [2.45, 2.75) is 6.92 Å². The van der Waals surface area contributed by atoms with E-state index in [4.69, 9.17) is 0 Å². The SMILES string of the molecule is Cc1ccc(N(C)N=Nc2ccc([N+](=O)[O-])cc2)cc1. The van der Waals surface area contributed by atoms with Gasteiger partial charge in [-0.3, -0.25) is 10.1 Å². The van der Waals surface area contributed by atoms with E-state index in [1.165, 1.54) is 17.7 Å². The van der Waals surface area contributed by atoms with Gasteiger partial charge in [0, 0.05) is 19.2 Å². The Bertz CT molecular complexity index is 621. The van der Waals surface area contributed by atoms with Crippen molar-refractivity contribution in [2.75, 3.05) is 12.1 Å². The molecule has 0 bridgehead atoms. The molecule has 0 heterocycles. The third kappa shape index (κ3) is 3.38. The van der Waals surface area contributed by atoms with Crippen LogP contribution in [0.2, 0.25) is 0 Å². The molecule has 6 nitrogen and oxygen atoms in total. The van der Waals surface area contributed by atoms with Crippen LogP contribution < -0.4 is 5.01 Å². The van der Waals surface area contributed by atoms with Crippen molar-refractivity contribution in [3.63, 3.8) is 0 Å². The summed E-state index contributed by atoms with van der Waals surface area (Å²) in [5.74, 6) is 0. The summed E-state index contributed by atoms with van der Waals surface area (Å²) in [6.07, 6.45) is 0. The second-order valence-electron chi connectivity index (χ2n) is 4.32. The fourth-order valence-corrected chi connectivity index (χ4v) is 1.57. The number of nitro benzene ring substituents is 1. The summed E-state index contributed by atoms with van der Waals surface area (Å²) >= 11 is 0. The van der Waals surface area contributed by atoms with Crippen molar-refractivity contribution < 1.29 is 4.92 Å². The van der Waals surface area contributed by atoms with Gasteiger partial charge >= 0.3 is 0 Å². The average Bonchev–Trinajstić information content (AvgIpc) is 2.46. The Morgan fingerprint density at radius 1 is 1.05 bits per heavy atom. The molecular formula is C14H14N4O2. The van der Waals surface area contributed by atoms with Gasteiger partial charge in [-0.05, 0) is 31.2 Å². The number of anilines is 1. The van der Waals surface area contributed by atoms with Gasteiger partial charge in [0.1, 0.15) is 0 Å². The van der Waals surface area contributed by atoms with E-state index in [1.807, 2.05) is 31.2 Å². The molecule has 0 aliphatic rings. The predicted molar refractivity (Wildman–Crippen MR) is 77.2 cm³/mol. The van der Waals surface area contributed by atoms with E-state index in [1.54, 1.807) is 24.2 Å². The molecule has 0 radical (unpaired) electrons. The highest BCUT2D eigenvalue weighted by atomic mass is 16.6. The number of nitro groups is 1. The summed E-state index contributed by atoms with van der Waals surface area (Å²) in [5, 5.41) is 20.3. The number of rotatable bonds is 4. The molecule has 2 aromatic carbocycles. The van der Waals surface area contributed by atoms with E-state index in [0.29, 0.717) is 5.69 Å². The molecule has 0 aromatic heterocycles. The maximum absolute atomic E-state index is 10.5. The second-order valence-corrected chi connectivity index (χ2v) is 4.32.